The van der Waals surface area contributed by atoms with Gasteiger partial charge in [-0.05, 0) is 44.5 Å². The molecule has 0 atom stereocenters. The Labute approximate surface area is 174 Å². The monoisotopic (exact) mass is 398 g/mol. The zero-order valence-corrected chi connectivity index (χ0v) is 17.0. The second-order valence-corrected chi connectivity index (χ2v) is 6.79. The Kier molecular flexibility index (Phi) is 5.47. The molecule has 0 radical (unpaired) electrons. The quantitative estimate of drug-likeness (QED) is 0.372. The molecule has 0 bridgehead atoms. The van der Waals surface area contributed by atoms with Crippen molar-refractivity contribution >= 4 is 23.3 Å². The van der Waals surface area contributed by atoms with Crippen LogP contribution >= 0.6 is 0 Å². The maximum Gasteiger partial charge on any atom is 0.257 e. The molecule has 150 valence electrons. The van der Waals surface area contributed by atoms with Crippen molar-refractivity contribution in [2.45, 2.75) is 20.8 Å². The fourth-order valence-corrected chi connectivity index (χ4v) is 2.93. The van der Waals surface area contributed by atoms with Crippen molar-refractivity contribution in [2.75, 3.05) is 10.7 Å². The molecule has 0 fully saturated rings. The fourth-order valence-electron chi connectivity index (χ4n) is 2.93. The normalized spacial score (nSPS) is 11.4. The highest BCUT2D eigenvalue weighted by atomic mass is 15.4. The van der Waals surface area contributed by atoms with Crippen molar-refractivity contribution in [3.05, 3.63) is 83.7 Å². The Morgan fingerprint density at radius 1 is 0.867 bits per heavy atom. The molecular weight excluding hydrogens is 376 g/mol. The molecule has 0 aliphatic carbocycles. The van der Waals surface area contributed by atoms with Gasteiger partial charge in [-0.15, -0.1) is 0 Å². The third-order valence-corrected chi connectivity index (χ3v) is 4.37. The van der Waals surface area contributed by atoms with E-state index in [1.165, 1.54) is 0 Å². The van der Waals surface area contributed by atoms with Crippen LogP contribution in [-0.4, -0.2) is 30.4 Å². The van der Waals surface area contributed by atoms with Crippen LogP contribution in [0.3, 0.4) is 0 Å². The number of nitrogens with zero attached hydrogens (tertiary/aromatic N) is 6. The average Bonchev–Trinajstić information content (AvgIpc) is 3.11. The van der Waals surface area contributed by atoms with Gasteiger partial charge in [-0.3, -0.25) is 0 Å². The SMILES string of the molecule is CC(=NNc1nc(Nc2ccccc2)nc(-n2nc(C)cc2C)n1)c1ccccc1. The van der Waals surface area contributed by atoms with E-state index in [9.17, 15) is 0 Å². The van der Waals surface area contributed by atoms with Crippen molar-refractivity contribution < 1.29 is 0 Å². The van der Waals surface area contributed by atoms with Gasteiger partial charge in [0.1, 0.15) is 0 Å². The summed E-state index contributed by atoms with van der Waals surface area (Å²) in [5, 5.41) is 12.1. The molecule has 30 heavy (non-hydrogen) atoms. The molecule has 2 aromatic carbocycles. The smallest absolute Gasteiger partial charge is 0.257 e. The summed E-state index contributed by atoms with van der Waals surface area (Å²) in [6, 6.07) is 21.6. The van der Waals surface area contributed by atoms with Gasteiger partial charge < -0.3 is 5.32 Å². The number of aryl methyl sites for hydroxylation is 2. The minimum absolute atomic E-state index is 0.321. The van der Waals surface area contributed by atoms with Gasteiger partial charge in [0.15, 0.2) is 0 Å². The highest BCUT2D eigenvalue weighted by Crippen LogP contribution is 2.16. The second kappa shape index (κ2) is 8.52. The van der Waals surface area contributed by atoms with Gasteiger partial charge in [-0.2, -0.15) is 25.2 Å². The lowest BCUT2D eigenvalue weighted by molar-refractivity contribution is 0.767. The fraction of sp³-hybridized carbons (Fsp3) is 0.136. The molecule has 0 spiro atoms. The maximum absolute atomic E-state index is 4.54. The number of hydrogen-bond acceptors (Lipinski definition) is 7. The molecule has 0 saturated carbocycles. The Bertz CT molecular complexity index is 1170. The predicted octanol–water partition coefficient (Wildman–Crippen LogP) is 4.25. The van der Waals surface area contributed by atoms with E-state index in [1.54, 1.807) is 4.68 Å². The number of aromatic nitrogens is 5. The van der Waals surface area contributed by atoms with Crippen molar-refractivity contribution in [3.8, 4) is 5.95 Å². The topological polar surface area (TPSA) is 92.9 Å². The number of para-hydroxylation sites is 1. The molecule has 8 nitrogen and oxygen atoms in total. The van der Waals surface area contributed by atoms with Gasteiger partial charge in [0.05, 0.1) is 11.4 Å². The van der Waals surface area contributed by atoms with Crippen molar-refractivity contribution in [1.29, 1.82) is 0 Å². The van der Waals surface area contributed by atoms with Crippen molar-refractivity contribution in [3.63, 3.8) is 0 Å². The Morgan fingerprint density at radius 2 is 1.53 bits per heavy atom. The van der Waals surface area contributed by atoms with Crippen molar-refractivity contribution in [2.24, 2.45) is 5.10 Å². The van der Waals surface area contributed by atoms with Crippen LogP contribution in [0.25, 0.3) is 5.95 Å². The summed E-state index contributed by atoms with van der Waals surface area (Å²) in [6.07, 6.45) is 0. The van der Waals surface area contributed by atoms with Crippen LogP contribution < -0.4 is 10.7 Å². The van der Waals surface area contributed by atoms with Gasteiger partial charge in [0, 0.05) is 11.4 Å². The lowest BCUT2D eigenvalue weighted by Gasteiger charge is -2.10. The second-order valence-electron chi connectivity index (χ2n) is 6.79. The average molecular weight is 398 g/mol. The standard InChI is InChI=1S/C22H22N8/c1-15-14-16(2)30(29-15)22-25-20(23-19-12-8-5-9-13-19)24-21(26-22)28-27-17(3)18-10-6-4-7-11-18/h4-14H,1-3H3,(H2,23,24,25,26,28). The van der Waals surface area contributed by atoms with Crippen LogP contribution in [0.5, 0.6) is 0 Å². The highest BCUT2D eigenvalue weighted by molar-refractivity contribution is 5.98. The number of rotatable bonds is 6. The first-order valence-electron chi connectivity index (χ1n) is 9.56. The first-order valence-corrected chi connectivity index (χ1v) is 9.56. The molecule has 2 heterocycles. The number of hydrogen-bond donors (Lipinski definition) is 2. The van der Waals surface area contributed by atoms with Crippen LogP contribution in [0.4, 0.5) is 17.6 Å². The summed E-state index contributed by atoms with van der Waals surface area (Å²) in [4.78, 5) is 13.5. The molecule has 0 aliphatic heterocycles. The van der Waals surface area contributed by atoms with Gasteiger partial charge in [0.25, 0.3) is 5.95 Å². The number of benzene rings is 2. The third-order valence-electron chi connectivity index (χ3n) is 4.37. The van der Waals surface area contributed by atoms with Crippen LogP contribution in [0, 0.1) is 13.8 Å². The summed E-state index contributed by atoms with van der Waals surface area (Å²) < 4.78 is 1.69. The minimum Gasteiger partial charge on any atom is -0.324 e. The van der Waals surface area contributed by atoms with E-state index in [2.05, 4.69) is 35.9 Å². The summed E-state index contributed by atoms with van der Waals surface area (Å²) in [6.45, 7) is 5.81. The lowest BCUT2D eigenvalue weighted by atomic mass is 10.1. The molecule has 0 unspecified atom stereocenters. The first kappa shape index (κ1) is 19.3. The van der Waals surface area contributed by atoms with Crippen LogP contribution in [0.1, 0.15) is 23.9 Å². The summed E-state index contributed by atoms with van der Waals surface area (Å²) in [5.41, 5.74) is 7.47. The van der Waals surface area contributed by atoms with E-state index < -0.39 is 0 Å². The molecule has 0 aliphatic rings. The molecule has 4 aromatic rings. The molecule has 4 rings (SSSR count). The molecule has 2 N–H and O–H groups in total. The molecular formula is C22H22N8. The zero-order valence-electron chi connectivity index (χ0n) is 17.0. The van der Waals surface area contributed by atoms with E-state index in [1.807, 2.05) is 87.5 Å². The van der Waals surface area contributed by atoms with Gasteiger partial charge >= 0.3 is 0 Å². The number of nitrogens with one attached hydrogen (secondary N) is 2. The molecule has 8 heteroatoms. The largest absolute Gasteiger partial charge is 0.324 e. The van der Waals surface area contributed by atoms with E-state index in [0.717, 1.165) is 28.4 Å². The third kappa shape index (κ3) is 4.49. The zero-order chi connectivity index (χ0) is 20.9. The molecule has 0 saturated heterocycles. The maximum atomic E-state index is 4.54. The summed E-state index contributed by atoms with van der Waals surface area (Å²) in [7, 11) is 0. The Hall–Kier alpha value is -4.07. The Morgan fingerprint density at radius 3 is 2.20 bits per heavy atom. The highest BCUT2D eigenvalue weighted by Gasteiger charge is 2.12. The van der Waals surface area contributed by atoms with Crippen LogP contribution in [0.15, 0.2) is 71.8 Å². The van der Waals surface area contributed by atoms with E-state index in [-0.39, 0.29) is 0 Å². The number of hydrazone groups is 1. The van der Waals surface area contributed by atoms with E-state index in [0.29, 0.717) is 17.8 Å². The van der Waals surface area contributed by atoms with Gasteiger partial charge in [-0.25, -0.2) is 10.1 Å². The number of anilines is 3. The predicted molar refractivity (Wildman–Crippen MR) is 118 cm³/mol. The summed E-state index contributed by atoms with van der Waals surface area (Å²) in [5.74, 6) is 1.12. The summed E-state index contributed by atoms with van der Waals surface area (Å²) >= 11 is 0. The van der Waals surface area contributed by atoms with E-state index in [4.69, 9.17) is 0 Å². The first-order chi connectivity index (χ1) is 14.6. The Balaban J connectivity index is 1.69. The minimum atomic E-state index is 0.321. The van der Waals surface area contributed by atoms with Crippen molar-refractivity contribution in [1.82, 2.24) is 24.7 Å². The lowest BCUT2D eigenvalue weighted by Crippen LogP contribution is -2.11. The molecule has 2 aromatic heterocycles. The van der Waals surface area contributed by atoms with Gasteiger partial charge in [0.2, 0.25) is 11.9 Å². The van der Waals surface area contributed by atoms with Gasteiger partial charge in [-0.1, -0.05) is 48.5 Å². The van der Waals surface area contributed by atoms with Crippen LogP contribution in [-0.2, 0) is 0 Å². The van der Waals surface area contributed by atoms with E-state index >= 15 is 0 Å². The molecule has 0 amide bonds. The van der Waals surface area contributed by atoms with Crippen LogP contribution in [0.2, 0.25) is 0 Å².